The average molecular weight is 344 g/mol. The molecule has 0 bridgehead atoms. The summed E-state index contributed by atoms with van der Waals surface area (Å²) < 4.78 is 0. The van der Waals surface area contributed by atoms with Crippen LogP contribution >= 0.6 is 0 Å². The zero-order valence-electron chi connectivity index (χ0n) is 14.6. The number of benzene rings is 3. The lowest BCUT2D eigenvalue weighted by atomic mass is 10.0. The Bertz CT molecular complexity index is 996. The fourth-order valence-corrected chi connectivity index (χ4v) is 3.64. The molecule has 3 aromatic rings. The summed E-state index contributed by atoms with van der Waals surface area (Å²) in [5, 5.41) is 8.19. The molecule has 0 atom stereocenters. The van der Waals surface area contributed by atoms with E-state index in [4.69, 9.17) is 0 Å². The third-order valence-corrected chi connectivity index (χ3v) is 4.79. The van der Waals surface area contributed by atoms with Gasteiger partial charge in [0.2, 0.25) is 11.8 Å². The number of nitrogens with one attached hydrogen (secondary N) is 2. The van der Waals surface area contributed by atoms with Gasteiger partial charge in [-0.3, -0.25) is 9.59 Å². The van der Waals surface area contributed by atoms with E-state index >= 15 is 0 Å². The Morgan fingerprint density at radius 2 is 1.62 bits per heavy atom. The van der Waals surface area contributed by atoms with E-state index in [1.807, 2.05) is 30.3 Å². The second kappa shape index (κ2) is 6.64. The average Bonchev–Trinajstić information content (AvgIpc) is 3.03. The molecule has 0 radical (unpaired) electrons. The van der Waals surface area contributed by atoms with Crippen LogP contribution in [0.5, 0.6) is 0 Å². The summed E-state index contributed by atoms with van der Waals surface area (Å²) in [6.07, 6.45) is 2.44. The summed E-state index contributed by atoms with van der Waals surface area (Å²) >= 11 is 0. The van der Waals surface area contributed by atoms with Gasteiger partial charge in [-0.1, -0.05) is 36.4 Å². The van der Waals surface area contributed by atoms with Crippen LogP contribution in [-0.4, -0.2) is 11.8 Å². The van der Waals surface area contributed by atoms with E-state index in [9.17, 15) is 9.59 Å². The second-order valence-corrected chi connectivity index (χ2v) is 6.72. The van der Waals surface area contributed by atoms with Crippen molar-refractivity contribution < 1.29 is 9.59 Å². The van der Waals surface area contributed by atoms with Crippen molar-refractivity contribution in [2.75, 3.05) is 10.6 Å². The van der Waals surface area contributed by atoms with Crippen molar-refractivity contribution in [3.8, 4) is 0 Å². The fourth-order valence-electron chi connectivity index (χ4n) is 3.64. The van der Waals surface area contributed by atoms with Crippen LogP contribution < -0.4 is 10.6 Å². The topological polar surface area (TPSA) is 58.2 Å². The molecule has 2 N–H and O–H groups in total. The Labute approximate surface area is 152 Å². The maximum absolute atomic E-state index is 12.5. The molecule has 0 aromatic heterocycles. The number of carbonyl (C=O) groups excluding carboxylic acids is 2. The lowest BCUT2D eigenvalue weighted by molar-refractivity contribution is -0.116. The predicted octanol–water partition coefficient (Wildman–Crippen LogP) is 4.08. The van der Waals surface area contributed by atoms with Gasteiger partial charge in [-0.05, 0) is 53.1 Å². The molecule has 1 aliphatic rings. The van der Waals surface area contributed by atoms with Crippen LogP contribution in [0.1, 0.15) is 23.6 Å². The van der Waals surface area contributed by atoms with Crippen molar-refractivity contribution in [1.29, 1.82) is 0 Å². The monoisotopic (exact) mass is 344 g/mol. The minimum absolute atomic E-state index is 0.0454. The number of amides is 2. The van der Waals surface area contributed by atoms with Crippen LogP contribution in [0, 0.1) is 0 Å². The van der Waals surface area contributed by atoms with Crippen LogP contribution in [0.15, 0.2) is 54.6 Å². The molecule has 2 amide bonds. The normalized spacial score (nSPS) is 12.2. The summed E-state index contributed by atoms with van der Waals surface area (Å²) in [6.45, 7) is 1.47. The van der Waals surface area contributed by atoms with Crippen molar-refractivity contribution in [3.63, 3.8) is 0 Å². The van der Waals surface area contributed by atoms with Gasteiger partial charge in [0.1, 0.15) is 0 Å². The molecule has 0 saturated carbocycles. The van der Waals surface area contributed by atoms with Gasteiger partial charge in [0.25, 0.3) is 0 Å². The highest BCUT2D eigenvalue weighted by molar-refractivity contribution is 6.05. The smallest absolute Gasteiger partial charge is 0.228 e. The van der Waals surface area contributed by atoms with Crippen molar-refractivity contribution >= 4 is 34.0 Å². The van der Waals surface area contributed by atoms with Gasteiger partial charge in [0, 0.05) is 23.7 Å². The van der Waals surface area contributed by atoms with Crippen LogP contribution in [0.3, 0.4) is 0 Å². The molecule has 0 heterocycles. The lowest BCUT2D eigenvalue weighted by Gasteiger charge is -2.11. The summed E-state index contributed by atoms with van der Waals surface area (Å²) in [6, 6.07) is 17.8. The molecule has 130 valence electrons. The fraction of sp³-hybridized carbons (Fsp3) is 0.182. The Kier molecular flexibility index (Phi) is 4.17. The third kappa shape index (κ3) is 3.18. The standard InChI is InChI=1S/C22H20N2O2/c1-14(25)23-18-10-5-15(6-11-18)13-21(26)24-20-12-9-17-8-7-16-3-2-4-19(20)22(16)17/h2-6,9-12H,7-8,13H2,1H3,(H,23,25)(H,24,26). The van der Waals surface area contributed by atoms with E-state index in [1.54, 1.807) is 0 Å². The van der Waals surface area contributed by atoms with Gasteiger partial charge in [-0.2, -0.15) is 0 Å². The van der Waals surface area contributed by atoms with E-state index in [0.717, 1.165) is 35.2 Å². The Morgan fingerprint density at radius 1 is 0.885 bits per heavy atom. The van der Waals surface area contributed by atoms with E-state index in [1.165, 1.54) is 23.4 Å². The van der Waals surface area contributed by atoms with Gasteiger partial charge >= 0.3 is 0 Å². The van der Waals surface area contributed by atoms with Crippen molar-refractivity contribution in [3.05, 3.63) is 71.3 Å². The lowest BCUT2D eigenvalue weighted by Crippen LogP contribution is -2.14. The molecule has 4 rings (SSSR count). The van der Waals surface area contributed by atoms with Gasteiger partial charge in [-0.25, -0.2) is 0 Å². The number of carbonyl (C=O) groups is 2. The first-order valence-corrected chi connectivity index (χ1v) is 8.80. The summed E-state index contributed by atoms with van der Waals surface area (Å²) in [5.41, 5.74) is 5.23. The molecule has 4 heteroatoms. The quantitative estimate of drug-likeness (QED) is 0.749. The second-order valence-electron chi connectivity index (χ2n) is 6.72. The van der Waals surface area contributed by atoms with E-state index < -0.39 is 0 Å². The first-order chi connectivity index (χ1) is 12.6. The summed E-state index contributed by atoms with van der Waals surface area (Å²) in [4.78, 5) is 23.6. The maximum atomic E-state index is 12.5. The molecule has 4 nitrogen and oxygen atoms in total. The maximum Gasteiger partial charge on any atom is 0.228 e. The molecule has 26 heavy (non-hydrogen) atoms. The van der Waals surface area contributed by atoms with Crippen LogP contribution in [-0.2, 0) is 28.9 Å². The third-order valence-electron chi connectivity index (χ3n) is 4.79. The molecule has 0 saturated heterocycles. The Morgan fingerprint density at radius 3 is 2.35 bits per heavy atom. The zero-order chi connectivity index (χ0) is 18.1. The number of anilines is 2. The van der Waals surface area contributed by atoms with Crippen LogP contribution in [0.4, 0.5) is 11.4 Å². The molecule has 1 aliphatic carbocycles. The van der Waals surface area contributed by atoms with E-state index in [0.29, 0.717) is 6.42 Å². The van der Waals surface area contributed by atoms with Gasteiger partial charge in [-0.15, -0.1) is 0 Å². The molecule has 0 aliphatic heterocycles. The van der Waals surface area contributed by atoms with Gasteiger partial charge < -0.3 is 10.6 Å². The molecule has 0 spiro atoms. The summed E-state index contributed by atoms with van der Waals surface area (Å²) in [7, 11) is 0. The first kappa shape index (κ1) is 16.3. The Balaban J connectivity index is 1.51. The molecule has 3 aromatic carbocycles. The highest BCUT2D eigenvalue weighted by Gasteiger charge is 2.16. The Hall–Kier alpha value is -3.14. The number of aryl methyl sites for hydroxylation is 2. The SMILES string of the molecule is CC(=O)Nc1ccc(CC(=O)Nc2ccc3c4c(cccc24)CC3)cc1. The molecule has 0 fully saturated rings. The highest BCUT2D eigenvalue weighted by atomic mass is 16.2. The van der Waals surface area contributed by atoms with Crippen molar-refractivity contribution in [2.24, 2.45) is 0 Å². The van der Waals surface area contributed by atoms with Gasteiger partial charge in [0.15, 0.2) is 0 Å². The van der Waals surface area contributed by atoms with E-state index in [-0.39, 0.29) is 11.8 Å². The van der Waals surface area contributed by atoms with Crippen molar-refractivity contribution in [2.45, 2.75) is 26.2 Å². The number of hydrogen-bond donors (Lipinski definition) is 2. The predicted molar refractivity (Wildman–Crippen MR) is 104 cm³/mol. The zero-order valence-corrected chi connectivity index (χ0v) is 14.6. The van der Waals surface area contributed by atoms with Crippen molar-refractivity contribution in [1.82, 2.24) is 0 Å². The highest BCUT2D eigenvalue weighted by Crippen LogP contribution is 2.35. The molecule has 0 unspecified atom stereocenters. The number of rotatable bonds is 4. The molecular formula is C22H20N2O2. The molecular weight excluding hydrogens is 324 g/mol. The minimum atomic E-state index is -0.109. The van der Waals surface area contributed by atoms with Crippen LogP contribution in [0.2, 0.25) is 0 Å². The largest absolute Gasteiger partial charge is 0.326 e. The summed E-state index contributed by atoms with van der Waals surface area (Å²) in [5.74, 6) is -0.154. The first-order valence-electron chi connectivity index (χ1n) is 8.80. The van der Waals surface area contributed by atoms with Gasteiger partial charge in [0.05, 0.1) is 6.42 Å². The van der Waals surface area contributed by atoms with E-state index in [2.05, 4.69) is 34.9 Å². The van der Waals surface area contributed by atoms with Crippen LogP contribution in [0.25, 0.3) is 10.8 Å². The number of hydrogen-bond acceptors (Lipinski definition) is 2. The minimum Gasteiger partial charge on any atom is -0.326 e.